The highest BCUT2D eigenvalue weighted by Crippen LogP contribution is 2.31. The van der Waals surface area contributed by atoms with Gasteiger partial charge in [0, 0.05) is 9.99 Å². The van der Waals surface area contributed by atoms with Crippen molar-refractivity contribution in [2.45, 2.75) is 6.42 Å². The van der Waals surface area contributed by atoms with E-state index in [1.165, 1.54) is 12.1 Å². The van der Waals surface area contributed by atoms with Crippen molar-refractivity contribution in [2.24, 2.45) is 0 Å². The zero-order valence-corrected chi connectivity index (χ0v) is 10.2. The van der Waals surface area contributed by atoms with Crippen LogP contribution in [-0.4, -0.2) is 20.6 Å². The quantitative estimate of drug-likeness (QED) is 0.228. The molecule has 1 rings (SSSR count). The third-order valence-electron chi connectivity index (χ3n) is 1.83. The number of alkyl halides is 1. The van der Waals surface area contributed by atoms with Gasteiger partial charge in [-0.2, -0.15) is 0 Å². The van der Waals surface area contributed by atoms with Gasteiger partial charge >= 0.3 is 11.8 Å². The second-order valence-corrected chi connectivity index (χ2v) is 3.91. The van der Waals surface area contributed by atoms with Gasteiger partial charge in [-0.05, 0) is 12.5 Å². The van der Waals surface area contributed by atoms with Crippen LogP contribution < -0.4 is 4.74 Å². The number of rotatable bonds is 4. The van der Waals surface area contributed by atoms with Crippen molar-refractivity contribution >= 4 is 34.4 Å². The molecule has 0 saturated heterocycles. The van der Waals surface area contributed by atoms with Gasteiger partial charge in [-0.15, -0.1) is 0 Å². The zero-order chi connectivity index (χ0) is 12.1. The van der Waals surface area contributed by atoms with E-state index in [0.29, 0.717) is 16.4 Å². The maximum atomic E-state index is 10.8. The van der Waals surface area contributed by atoms with Gasteiger partial charge in [0.25, 0.3) is 0 Å². The number of halogens is 1. The van der Waals surface area contributed by atoms with Gasteiger partial charge in [0.05, 0.1) is 4.92 Å². The lowest BCUT2D eigenvalue weighted by atomic mass is 10.1. The number of hydrogen-bond donors (Lipinski definition) is 1. The van der Waals surface area contributed by atoms with Gasteiger partial charge in [0.1, 0.15) is 0 Å². The van der Waals surface area contributed by atoms with E-state index in [1.807, 2.05) is 0 Å². The molecule has 1 N–H and O–H groups in total. The first-order chi connectivity index (χ1) is 7.56. The zero-order valence-electron chi connectivity index (χ0n) is 8.05. The van der Waals surface area contributed by atoms with E-state index in [9.17, 15) is 14.9 Å². The number of hydrogen-bond acceptors (Lipinski definition) is 4. The molecule has 0 fully saturated rings. The van der Waals surface area contributed by atoms with E-state index in [-0.39, 0.29) is 11.4 Å². The maximum absolute atomic E-state index is 10.8. The third kappa shape index (κ3) is 3.05. The average Bonchev–Trinajstić information content (AvgIpc) is 2.16. The highest BCUT2D eigenvalue weighted by molar-refractivity contribution is 14.1. The Hall–Kier alpha value is -1.38. The SMILES string of the molecule is O=C(O)Oc1cccc(CCI)c1[N+](=O)[O-]. The average molecular weight is 337 g/mol. The number of nitro benzene ring substituents is 1. The lowest BCUT2D eigenvalue weighted by molar-refractivity contribution is -0.386. The predicted octanol–water partition coefficient (Wildman–Crippen LogP) is 2.63. The normalized spacial score (nSPS) is 9.81. The first-order valence-corrected chi connectivity index (χ1v) is 5.82. The highest BCUT2D eigenvalue weighted by Gasteiger charge is 2.22. The highest BCUT2D eigenvalue weighted by atomic mass is 127. The molecule has 6 nitrogen and oxygen atoms in total. The van der Waals surface area contributed by atoms with Gasteiger partial charge in [-0.1, -0.05) is 34.7 Å². The molecule has 86 valence electrons. The lowest BCUT2D eigenvalue weighted by Crippen LogP contribution is -2.07. The minimum atomic E-state index is -1.56. The molecule has 0 aliphatic rings. The van der Waals surface area contributed by atoms with Crippen molar-refractivity contribution in [3.05, 3.63) is 33.9 Å². The molecule has 0 atom stereocenters. The maximum Gasteiger partial charge on any atom is 0.511 e. The van der Waals surface area contributed by atoms with Gasteiger partial charge in [-0.3, -0.25) is 10.1 Å². The summed E-state index contributed by atoms with van der Waals surface area (Å²) in [5.41, 5.74) is 0.194. The van der Waals surface area contributed by atoms with Crippen molar-refractivity contribution in [3.63, 3.8) is 0 Å². The lowest BCUT2D eigenvalue weighted by Gasteiger charge is -2.05. The summed E-state index contributed by atoms with van der Waals surface area (Å²) in [7, 11) is 0. The second kappa shape index (κ2) is 5.64. The molecular formula is C9H8INO5. The van der Waals surface area contributed by atoms with Crippen molar-refractivity contribution in [1.82, 2.24) is 0 Å². The smallest absolute Gasteiger partial charge is 0.449 e. The Balaban J connectivity index is 3.21. The van der Waals surface area contributed by atoms with Crippen LogP contribution in [0.4, 0.5) is 10.5 Å². The second-order valence-electron chi connectivity index (χ2n) is 2.83. The van der Waals surface area contributed by atoms with Gasteiger partial charge in [0.2, 0.25) is 5.75 Å². The Labute approximate surface area is 105 Å². The largest absolute Gasteiger partial charge is 0.511 e. The standard InChI is InChI=1S/C9H8INO5/c10-5-4-6-2-1-3-7(16-9(12)13)8(6)11(14)15/h1-3H,4-5H2,(H,12,13). The molecule has 0 spiro atoms. The Morgan fingerprint density at radius 1 is 1.56 bits per heavy atom. The summed E-state index contributed by atoms with van der Waals surface area (Å²) in [6.07, 6.45) is -1.07. The molecule has 0 heterocycles. The number of para-hydroxylation sites is 1. The van der Waals surface area contributed by atoms with Crippen LogP contribution in [0, 0.1) is 10.1 Å². The minimum absolute atomic E-state index is 0.236. The number of carboxylic acid groups (broad SMARTS) is 1. The number of nitrogens with zero attached hydrogens (tertiary/aromatic N) is 1. The van der Waals surface area contributed by atoms with E-state index in [4.69, 9.17) is 5.11 Å². The minimum Gasteiger partial charge on any atom is -0.449 e. The summed E-state index contributed by atoms with van der Waals surface area (Å²) >= 11 is 2.09. The molecule has 0 aromatic heterocycles. The fourth-order valence-corrected chi connectivity index (χ4v) is 1.84. The van der Waals surface area contributed by atoms with Crippen LogP contribution in [0.1, 0.15) is 5.56 Å². The molecule has 0 unspecified atom stereocenters. The van der Waals surface area contributed by atoms with Crippen LogP contribution in [0.15, 0.2) is 18.2 Å². The van der Waals surface area contributed by atoms with Crippen LogP contribution >= 0.6 is 22.6 Å². The first-order valence-electron chi connectivity index (χ1n) is 4.29. The Morgan fingerprint density at radius 3 is 2.75 bits per heavy atom. The summed E-state index contributed by atoms with van der Waals surface area (Å²) in [5.74, 6) is -0.236. The van der Waals surface area contributed by atoms with E-state index < -0.39 is 11.1 Å². The number of aryl methyl sites for hydroxylation is 1. The molecule has 1 aromatic carbocycles. The van der Waals surface area contributed by atoms with Crippen LogP contribution in [-0.2, 0) is 6.42 Å². The molecule has 0 amide bonds. The summed E-state index contributed by atoms with van der Waals surface area (Å²) in [4.78, 5) is 20.6. The molecule has 1 aromatic rings. The van der Waals surface area contributed by atoms with E-state index in [0.717, 1.165) is 0 Å². The van der Waals surface area contributed by atoms with E-state index in [2.05, 4.69) is 27.3 Å². The number of carbonyl (C=O) groups is 1. The van der Waals surface area contributed by atoms with Crippen molar-refractivity contribution in [2.75, 3.05) is 4.43 Å². The molecule has 0 bridgehead atoms. The summed E-state index contributed by atoms with van der Waals surface area (Å²) in [5, 5.41) is 19.3. The van der Waals surface area contributed by atoms with Crippen LogP contribution in [0.5, 0.6) is 5.75 Å². The third-order valence-corrected chi connectivity index (χ3v) is 2.37. The van der Waals surface area contributed by atoms with Gasteiger partial charge < -0.3 is 9.84 Å². The van der Waals surface area contributed by atoms with Crippen molar-refractivity contribution in [1.29, 1.82) is 0 Å². The monoisotopic (exact) mass is 337 g/mol. The number of nitro groups is 1. The number of ether oxygens (including phenoxy) is 1. The van der Waals surface area contributed by atoms with Gasteiger partial charge in [-0.25, -0.2) is 4.79 Å². The Bertz CT molecular complexity index is 420. The Morgan fingerprint density at radius 2 is 2.25 bits per heavy atom. The van der Waals surface area contributed by atoms with Crippen LogP contribution in [0.2, 0.25) is 0 Å². The first kappa shape index (κ1) is 12.7. The molecule has 0 aliphatic heterocycles. The molecular weight excluding hydrogens is 329 g/mol. The number of benzene rings is 1. The predicted molar refractivity (Wildman–Crippen MR) is 64.3 cm³/mol. The molecule has 0 radical (unpaired) electrons. The molecule has 0 saturated carbocycles. The summed E-state index contributed by atoms with van der Waals surface area (Å²) in [6.45, 7) is 0. The summed E-state index contributed by atoms with van der Waals surface area (Å²) in [6, 6.07) is 4.39. The Kier molecular flexibility index (Phi) is 4.47. The fourth-order valence-electron chi connectivity index (χ4n) is 1.25. The summed E-state index contributed by atoms with van der Waals surface area (Å²) < 4.78 is 5.07. The van der Waals surface area contributed by atoms with E-state index in [1.54, 1.807) is 6.07 Å². The topological polar surface area (TPSA) is 89.7 Å². The van der Waals surface area contributed by atoms with Crippen LogP contribution in [0.3, 0.4) is 0 Å². The molecule has 16 heavy (non-hydrogen) atoms. The van der Waals surface area contributed by atoms with E-state index >= 15 is 0 Å². The molecule has 0 aliphatic carbocycles. The van der Waals surface area contributed by atoms with Gasteiger partial charge in [0.15, 0.2) is 0 Å². The fraction of sp³-hybridized carbons (Fsp3) is 0.222. The van der Waals surface area contributed by atoms with Crippen molar-refractivity contribution in [3.8, 4) is 5.75 Å². The van der Waals surface area contributed by atoms with Crippen molar-refractivity contribution < 1.29 is 19.6 Å². The van der Waals surface area contributed by atoms with Crippen LogP contribution in [0.25, 0.3) is 0 Å². The molecule has 7 heteroatoms.